The molecule has 0 radical (unpaired) electrons. The average Bonchev–Trinajstić information content (AvgIpc) is 2.91. The molecule has 27 heavy (non-hydrogen) atoms. The van der Waals surface area contributed by atoms with Crippen LogP contribution in [0.4, 0.5) is 13.2 Å². The normalized spacial score (nSPS) is 11.6. The van der Waals surface area contributed by atoms with Gasteiger partial charge in [0.2, 0.25) is 0 Å². The van der Waals surface area contributed by atoms with Gasteiger partial charge < -0.3 is 4.98 Å². The number of halogens is 3. The van der Waals surface area contributed by atoms with Gasteiger partial charge in [-0.15, -0.1) is 0 Å². The third-order valence-electron chi connectivity index (χ3n) is 4.53. The Morgan fingerprint density at radius 2 is 1.70 bits per heavy atom. The maximum absolute atomic E-state index is 12.8. The lowest BCUT2D eigenvalue weighted by Gasteiger charge is -2.09. The second kappa shape index (κ2) is 9.12. The number of H-pyrrole nitrogens is 1. The molecule has 0 fully saturated rings. The highest BCUT2D eigenvalue weighted by atomic mass is 19.4. The minimum Gasteiger partial charge on any atom is -0.358 e. The number of para-hydroxylation sites is 1. The van der Waals surface area contributed by atoms with Crippen LogP contribution in [0.15, 0.2) is 48.5 Å². The van der Waals surface area contributed by atoms with Gasteiger partial charge in [0.1, 0.15) is 0 Å². The SMILES string of the molecule is CCCC(C)C.Cc1[nH]c2ccccc2c1Cc1cccc(C(F)(F)F)c1. The number of aryl methyl sites for hydroxylation is 1. The fraction of sp³-hybridized carbons (Fsp3) is 0.391. The largest absolute Gasteiger partial charge is 0.416 e. The Hall–Kier alpha value is -2.23. The predicted octanol–water partition coefficient (Wildman–Crippen LogP) is 7.53. The second-order valence-corrected chi connectivity index (χ2v) is 7.33. The van der Waals surface area contributed by atoms with Crippen LogP contribution in [-0.2, 0) is 12.6 Å². The Kier molecular flexibility index (Phi) is 7.11. The molecular weight excluding hydrogens is 347 g/mol. The van der Waals surface area contributed by atoms with E-state index in [1.807, 2.05) is 31.2 Å². The lowest BCUT2D eigenvalue weighted by Crippen LogP contribution is -2.05. The first kappa shape index (κ1) is 21.1. The van der Waals surface area contributed by atoms with Gasteiger partial charge in [0.25, 0.3) is 0 Å². The van der Waals surface area contributed by atoms with Crippen molar-refractivity contribution in [2.75, 3.05) is 0 Å². The minimum atomic E-state index is -4.30. The summed E-state index contributed by atoms with van der Waals surface area (Å²) in [4.78, 5) is 3.27. The fourth-order valence-electron chi connectivity index (χ4n) is 3.20. The summed E-state index contributed by atoms with van der Waals surface area (Å²) in [5.41, 5.74) is 3.12. The maximum Gasteiger partial charge on any atom is 0.416 e. The Morgan fingerprint density at radius 3 is 2.30 bits per heavy atom. The molecule has 0 amide bonds. The first-order chi connectivity index (χ1) is 12.7. The maximum atomic E-state index is 12.8. The number of alkyl halides is 3. The molecule has 0 saturated carbocycles. The van der Waals surface area contributed by atoms with Gasteiger partial charge in [-0.1, -0.05) is 70.0 Å². The van der Waals surface area contributed by atoms with Crippen molar-refractivity contribution in [3.63, 3.8) is 0 Å². The van der Waals surface area contributed by atoms with Gasteiger partial charge in [0, 0.05) is 16.6 Å². The van der Waals surface area contributed by atoms with E-state index in [1.54, 1.807) is 6.07 Å². The zero-order chi connectivity index (χ0) is 20.0. The van der Waals surface area contributed by atoms with Crippen molar-refractivity contribution in [1.82, 2.24) is 4.98 Å². The smallest absolute Gasteiger partial charge is 0.358 e. The first-order valence-electron chi connectivity index (χ1n) is 9.44. The van der Waals surface area contributed by atoms with Gasteiger partial charge in [0.15, 0.2) is 0 Å². The number of hydrogen-bond acceptors (Lipinski definition) is 0. The monoisotopic (exact) mass is 375 g/mol. The minimum absolute atomic E-state index is 0.486. The van der Waals surface area contributed by atoms with Crippen LogP contribution in [0.25, 0.3) is 10.9 Å². The molecule has 1 N–H and O–H groups in total. The third kappa shape index (κ3) is 5.88. The molecule has 3 rings (SSSR count). The van der Waals surface area contributed by atoms with Crippen molar-refractivity contribution in [3.05, 3.63) is 70.9 Å². The topological polar surface area (TPSA) is 15.8 Å². The van der Waals surface area contributed by atoms with Gasteiger partial charge in [-0.25, -0.2) is 0 Å². The molecule has 0 bridgehead atoms. The highest BCUT2D eigenvalue weighted by Crippen LogP contribution is 2.31. The Morgan fingerprint density at radius 1 is 1.00 bits per heavy atom. The molecule has 1 nitrogen and oxygen atoms in total. The molecule has 4 heteroatoms. The number of hydrogen-bond donors (Lipinski definition) is 1. The summed E-state index contributed by atoms with van der Waals surface area (Å²) in [7, 11) is 0. The van der Waals surface area contributed by atoms with Crippen LogP contribution < -0.4 is 0 Å². The van der Waals surface area contributed by atoms with Crippen LogP contribution in [0.1, 0.15) is 56.0 Å². The molecule has 146 valence electrons. The van der Waals surface area contributed by atoms with E-state index in [1.165, 1.54) is 25.0 Å². The zero-order valence-electron chi connectivity index (χ0n) is 16.5. The van der Waals surface area contributed by atoms with Gasteiger partial charge in [-0.3, -0.25) is 0 Å². The predicted molar refractivity (Wildman–Crippen MR) is 107 cm³/mol. The van der Waals surface area contributed by atoms with E-state index >= 15 is 0 Å². The third-order valence-corrected chi connectivity index (χ3v) is 4.53. The van der Waals surface area contributed by atoms with E-state index in [0.29, 0.717) is 12.0 Å². The summed E-state index contributed by atoms with van der Waals surface area (Å²) in [6.07, 6.45) is -1.11. The van der Waals surface area contributed by atoms with Crippen molar-refractivity contribution in [2.45, 2.75) is 53.1 Å². The molecule has 0 aliphatic heterocycles. The summed E-state index contributed by atoms with van der Waals surface area (Å²) in [5.74, 6) is 0.898. The number of benzene rings is 2. The number of nitrogens with one attached hydrogen (secondary N) is 1. The second-order valence-electron chi connectivity index (χ2n) is 7.33. The summed E-state index contributed by atoms with van der Waals surface area (Å²) in [5, 5.41) is 1.06. The first-order valence-corrected chi connectivity index (χ1v) is 9.44. The summed E-state index contributed by atoms with van der Waals surface area (Å²) >= 11 is 0. The van der Waals surface area contributed by atoms with Crippen LogP contribution >= 0.6 is 0 Å². The van der Waals surface area contributed by atoms with E-state index in [-0.39, 0.29) is 0 Å². The zero-order valence-corrected chi connectivity index (χ0v) is 16.5. The molecular formula is C23H28F3N. The molecule has 0 aliphatic carbocycles. The molecule has 1 aromatic heterocycles. The van der Waals surface area contributed by atoms with E-state index in [0.717, 1.165) is 34.1 Å². The molecule has 0 saturated heterocycles. The van der Waals surface area contributed by atoms with Gasteiger partial charge in [-0.05, 0) is 42.5 Å². The van der Waals surface area contributed by atoms with Crippen LogP contribution in [0, 0.1) is 12.8 Å². The van der Waals surface area contributed by atoms with Crippen molar-refractivity contribution < 1.29 is 13.2 Å². The highest BCUT2D eigenvalue weighted by molar-refractivity contribution is 5.84. The number of aromatic nitrogens is 1. The Bertz CT molecular complexity index is 859. The lowest BCUT2D eigenvalue weighted by molar-refractivity contribution is -0.137. The Labute approximate surface area is 159 Å². The highest BCUT2D eigenvalue weighted by Gasteiger charge is 2.30. The Balaban J connectivity index is 0.000000380. The summed E-state index contributed by atoms with van der Waals surface area (Å²) < 4.78 is 38.3. The summed E-state index contributed by atoms with van der Waals surface area (Å²) in [6.45, 7) is 8.68. The van der Waals surface area contributed by atoms with E-state index in [9.17, 15) is 13.2 Å². The molecule has 2 aromatic carbocycles. The molecule has 1 heterocycles. The van der Waals surface area contributed by atoms with Crippen LogP contribution in [0.2, 0.25) is 0 Å². The van der Waals surface area contributed by atoms with E-state index in [2.05, 4.69) is 25.8 Å². The van der Waals surface area contributed by atoms with Crippen molar-refractivity contribution in [1.29, 1.82) is 0 Å². The van der Waals surface area contributed by atoms with Gasteiger partial charge in [0.05, 0.1) is 5.56 Å². The average molecular weight is 375 g/mol. The van der Waals surface area contributed by atoms with Crippen molar-refractivity contribution in [2.24, 2.45) is 5.92 Å². The number of aromatic amines is 1. The quantitative estimate of drug-likeness (QED) is 0.485. The van der Waals surface area contributed by atoms with Crippen molar-refractivity contribution in [3.8, 4) is 0 Å². The van der Waals surface area contributed by atoms with E-state index < -0.39 is 11.7 Å². The molecule has 0 unspecified atom stereocenters. The lowest BCUT2D eigenvalue weighted by atomic mass is 10.0. The van der Waals surface area contributed by atoms with Gasteiger partial charge in [-0.2, -0.15) is 13.2 Å². The van der Waals surface area contributed by atoms with Gasteiger partial charge >= 0.3 is 6.18 Å². The molecule has 0 spiro atoms. The number of fused-ring (bicyclic) bond motifs is 1. The van der Waals surface area contributed by atoms with E-state index in [4.69, 9.17) is 0 Å². The standard InChI is InChI=1S/C17H14F3N.C6H14/c1-11-15(14-7-2-3-8-16(14)21-11)10-12-5-4-6-13(9-12)17(18,19)20;1-4-5-6(2)3/h2-9,21H,10H2,1H3;6H,4-5H2,1-3H3. The summed E-state index contributed by atoms with van der Waals surface area (Å²) in [6, 6.07) is 13.4. The van der Waals surface area contributed by atoms with Crippen molar-refractivity contribution >= 4 is 10.9 Å². The van der Waals surface area contributed by atoms with Crippen LogP contribution in [0.3, 0.4) is 0 Å². The van der Waals surface area contributed by atoms with Crippen LogP contribution in [-0.4, -0.2) is 4.98 Å². The van der Waals surface area contributed by atoms with Crippen LogP contribution in [0.5, 0.6) is 0 Å². The molecule has 3 aromatic rings. The fourth-order valence-corrected chi connectivity index (χ4v) is 3.20. The molecule has 0 aliphatic rings. The number of rotatable bonds is 4. The molecule has 0 atom stereocenters.